The Kier molecular flexibility index (Phi) is 5.27. The highest BCUT2D eigenvalue weighted by atomic mass is 35.5. The van der Waals surface area contributed by atoms with Crippen LogP contribution < -0.4 is 4.90 Å². The summed E-state index contributed by atoms with van der Waals surface area (Å²) in [6, 6.07) is 14.4. The number of para-hydroxylation sites is 1. The van der Waals surface area contributed by atoms with E-state index >= 15 is 0 Å². The summed E-state index contributed by atoms with van der Waals surface area (Å²) in [6.07, 6.45) is -0.816. The highest BCUT2D eigenvalue weighted by Gasteiger charge is 2.38. The highest BCUT2D eigenvalue weighted by molar-refractivity contribution is 7.13. The Morgan fingerprint density at radius 1 is 1.06 bits per heavy atom. The number of hydrogen-bond acceptors (Lipinski definition) is 8. The summed E-state index contributed by atoms with van der Waals surface area (Å²) in [5.41, 5.74) is 0.670. The van der Waals surface area contributed by atoms with Gasteiger partial charge in [-0.2, -0.15) is 0 Å². The van der Waals surface area contributed by atoms with Crippen molar-refractivity contribution in [1.29, 1.82) is 0 Å². The molecule has 8 nitrogen and oxygen atoms in total. The Hall–Kier alpha value is -3.82. The number of carbonyl (C=O) groups is 3. The lowest BCUT2D eigenvalue weighted by atomic mass is 10.1. The third-order valence-corrected chi connectivity index (χ3v) is 6.20. The summed E-state index contributed by atoms with van der Waals surface area (Å²) >= 11 is 7.62. The van der Waals surface area contributed by atoms with Crippen LogP contribution >= 0.6 is 22.9 Å². The Balaban J connectivity index is 1.36. The van der Waals surface area contributed by atoms with E-state index in [1.165, 1.54) is 29.5 Å². The Bertz CT molecular complexity index is 1400. The van der Waals surface area contributed by atoms with Crippen LogP contribution in [0.15, 0.2) is 64.4 Å². The van der Waals surface area contributed by atoms with Crippen LogP contribution in [0.3, 0.4) is 0 Å². The van der Waals surface area contributed by atoms with Gasteiger partial charge in [0.05, 0.1) is 32.3 Å². The number of esters is 1. The van der Waals surface area contributed by atoms with Crippen molar-refractivity contribution < 1.29 is 23.5 Å². The van der Waals surface area contributed by atoms with Crippen molar-refractivity contribution in [1.82, 2.24) is 10.2 Å². The second kappa shape index (κ2) is 8.27. The largest absolute Gasteiger partial charge is 0.449 e. The Morgan fingerprint density at radius 3 is 2.61 bits per heavy atom. The smallest absolute Gasteiger partial charge is 0.338 e. The molecular formula is C23H14ClN3O5S. The first-order valence-electron chi connectivity index (χ1n) is 9.79. The molecule has 2 amide bonds. The van der Waals surface area contributed by atoms with Crippen molar-refractivity contribution >= 4 is 46.4 Å². The fourth-order valence-corrected chi connectivity index (χ4v) is 4.26. The molecule has 0 aliphatic carbocycles. The summed E-state index contributed by atoms with van der Waals surface area (Å²) in [5.74, 6) is -1.29. The van der Waals surface area contributed by atoms with Gasteiger partial charge in [0.1, 0.15) is 0 Å². The number of rotatable bonds is 5. The van der Waals surface area contributed by atoms with Crippen molar-refractivity contribution in [3.8, 4) is 10.8 Å². The molecule has 0 radical (unpaired) electrons. The molecule has 0 bridgehead atoms. The average molecular weight is 480 g/mol. The summed E-state index contributed by atoms with van der Waals surface area (Å²) in [5, 5.41) is 10.1. The molecule has 0 saturated carbocycles. The normalized spacial score (nSPS) is 13.8. The number of hydrogen-bond donors (Lipinski definition) is 0. The third kappa shape index (κ3) is 3.71. The molecule has 0 N–H and O–H groups in total. The minimum absolute atomic E-state index is 0.0970. The zero-order chi connectivity index (χ0) is 23.1. The van der Waals surface area contributed by atoms with Gasteiger partial charge in [-0.05, 0) is 48.7 Å². The van der Waals surface area contributed by atoms with E-state index in [-0.39, 0.29) is 33.3 Å². The standard InChI is InChI=1S/C23H14ClN3O5S/c1-12(19-25-26-20(32-19)18-7-4-10-33-18)31-23(30)13-8-9-14-15(11-13)22(29)27(21(14)28)17-6-3-2-5-16(17)24/h2-12H,1H3. The molecule has 1 aliphatic heterocycles. The van der Waals surface area contributed by atoms with E-state index in [0.717, 1.165) is 9.78 Å². The van der Waals surface area contributed by atoms with Gasteiger partial charge in [-0.25, -0.2) is 9.69 Å². The number of thiophene rings is 1. The second-order valence-corrected chi connectivity index (χ2v) is 8.48. The minimum atomic E-state index is -0.816. The van der Waals surface area contributed by atoms with Crippen LogP contribution in [0.5, 0.6) is 0 Å². The Morgan fingerprint density at radius 2 is 1.85 bits per heavy atom. The molecule has 4 aromatic rings. The summed E-state index contributed by atoms with van der Waals surface area (Å²) < 4.78 is 11.0. The zero-order valence-corrected chi connectivity index (χ0v) is 18.6. The van der Waals surface area contributed by atoms with Crippen molar-refractivity contribution in [2.24, 2.45) is 0 Å². The van der Waals surface area contributed by atoms with Crippen molar-refractivity contribution in [2.75, 3.05) is 4.90 Å². The second-order valence-electron chi connectivity index (χ2n) is 7.13. The first-order valence-corrected chi connectivity index (χ1v) is 11.1. The summed E-state index contributed by atoms with van der Waals surface area (Å²) in [7, 11) is 0. The molecule has 33 heavy (non-hydrogen) atoms. The SMILES string of the molecule is CC(OC(=O)c1ccc2c(c1)C(=O)N(c1ccccc1Cl)C2=O)c1nnc(-c2cccs2)o1. The number of anilines is 1. The van der Waals surface area contributed by atoms with Gasteiger partial charge in [0.15, 0.2) is 6.10 Å². The van der Waals surface area contributed by atoms with E-state index in [4.69, 9.17) is 20.8 Å². The van der Waals surface area contributed by atoms with E-state index in [0.29, 0.717) is 5.89 Å². The van der Waals surface area contributed by atoms with Crippen LogP contribution in [0.2, 0.25) is 5.02 Å². The number of ether oxygens (including phenoxy) is 1. The lowest BCUT2D eigenvalue weighted by Crippen LogP contribution is -2.29. The maximum absolute atomic E-state index is 13.0. The molecule has 1 aliphatic rings. The Labute approximate surface area is 196 Å². The van der Waals surface area contributed by atoms with Crippen LogP contribution in [-0.2, 0) is 4.74 Å². The maximum Gasteiger partial charge on any atom is 0.338 e. The number of fused-ring (bicyclic) bond motifs is 1. The third-order valence-electron chi connectivity index (χ3n) is 5.02. The molecule has 164 valence electrons. The van der Waals surface area contributed by atoms with Gasteiger partial charge in [0.25, 0.3) is 23.6 Å². The molecule has 1 unspecified atom stereocenters. The number of amides is 2. The lowest BCUT2D eigenvalue weighted by Gasteiger charge is -2.15. The first kappa shape index (κ1) is 21.0. The molecule has 0 saturated heterocycles. The molecule has 10 heteroatoms. The maximum atomic E-state index is 13.0. The number of benzene rings is 2. The van der Waals surface area contributed by atoms with Crippen molar-refractivity contribution in [3.63, 3.8) is 0 Å². The van der Waals surface area contributed by atoms with E-state index in [1.54, 1.807) is 31.2 Å². The summed E-state index contributed by atoms with van der Waals surface area (Å²) in [6.45, 7) is 1.60. The molecular weight excluding hydrogens is 466 g/mol. The van der Waals surface area contributed by atoms with Gasteiger partial charge in [-0.3, -0.25) is 9.59 Å². The quantitative estimate of drug-likeness (QED) is 0.287. The van der Waals surface area contributed by atoms with Crippen LogP contribution in [0.1, 0.15) is 50.0 Å². The molecule has 0 spiro atoms. The summed E-state index contributed by atoms with van der Waals surface area (Å²) in [4.78, 5) is 40.3. The fraction of sp³-hybridized carbons (Fsp3) is 0.0870. The minimum Gasteiger partial charge on any atom is -0.449 e. The number of aromatic nitrogens is 2. The van der Waals surface area contributed by atoms with E-state index in [9.17, 15) is 14.4 Å². The van der Waals surface area contributed by atoms with Crippen LogP contribution in [0.4, 0.5) is 5.69 Å². The van der Waals surface area contributed by atoms with E-state index in [1.807, 2.05) is 17.5 Å². The lowest BCUT2D eigenvalue weighted by molar-refractivity contribution is 0.0279. The first-order chi connectivity index (χ1) is 15.9. The predicted octanol–water partition coefficient (Wildman–Crippen LogP) is 5.17. The van der Waals surface area contributed by atoms with Gasteiger partial charge in [-0.15, -0.1) is 21.5 Å². The molecule has 2 aromatic heterocycles. The zero-order valence-electron chi connectivity index (χ0n) is 17.0. The van der Waals surface area contributed by atoms with Gasteiger partial charge in [0, 0.05) is 0 Å². The fourth-order valence-electron chi connectivity index (χ4n) is 3.40. The van der Waals surface area contributed by atoms with Crippen molar-refractivity contribution in [3.05, 3.63) is 87.6 Å². The van der Waals surface area contributed by atoms with E-state index < -0.39 is 23.9 Å². The van der Waals surface area contributed by atoms with Gasteiger partial charge < -0.3 is 9.15 Å². The van der Waals surface area contributed by atoms with Gasteiger partial charge in [-0.1, -0.05) is 29.8 Å². The monoisotopic (exact) mass is 479 g/mol. The van der Waals surface area contributed by atoms with Crippen LogP contribution in [-0.4, -0.2) is 28.0 Å². The van der Waals surface area contributed by atoms with Gasteiger partial charge >= 0.3 is 5.97 Å². The highest BCUT2D eigenvalue weighted by Crippen LogP contribution is 2.34. The molecule has 0 fully saturated rings. The molecule has 1 atom stereocenters. The number of halogens is 1. The number of imide groups is 1. The van der Waals surface area contributed by atoms with Crippen molar-refractivity contribution in [2.45, 2.75) is 13.0 Å². The molecule has 5 rings (SSSR count). The molecule has 3 heterocycles. The van der Waals surface area contributed by atoms with Crippen LogP contribution in [0.25, 0.3) is 10.8 Å². The van der Waals surface area contributed by atoms with Gasteiger partial charge in [0.2, 0.25) is 0 Å². The predicted molar refractivity (Wildman–Crippen MR) is 120 cm³/mol. The number of nitrogens with zero attached hydrogens (tertiary/aromatic N) is 3. The van der Waals surface area contributed by atoms with E-state index in [2.05, 4.69) is 10.2 Å². The average Bonchev–Trinajstić information content (AvgIpc) is 3.55. The number of carbonyl (C=O) groups excluding carboxylic acids is 3. The van der Waals surface area contributed by atoms with Crippen LogP contribution in [0, 0.1) is 0 Å². The molecule has 2 aromatic carbocycles. The topological polar surface area (TPSA) is 103 Å².